The number of nitrogens with zero attached hydrogens (tertiary/aromatic N) is 1. The van der Waals surface area contributed by atoms with Crippen LogP contribution in [0.15, 0.2) is 12.3 Å². The molecule has 16 heavy (non-hydrogen) atoms. The molecule has 1 saturated heterocycles. The van der Waals surface area contributed by atoms with Gasteiger partial charge in [0.05, 0.1) is 0 Å². The van der Waals surface area contributed by atoms with Gasteiger partial charge in [0.2, 0.25) is 0 Å². The lowest BCUT2D eigenvalue weighted by atomic mass is 9.81. The van der Waals surface area contributed by atoms with Crippen LogP contribution < -0.4 is 0 Å². The second-order valence-corrected chi connectivity index (χ2v) is 5.63. The molecular formula is C15H27N. The first-order chi connectivity index (χ1) is 7.88. The van der Waals surface area contributed by atoms with Crippen LogP contribution in [-0.2, 0) is 0 Å². The quantitative estimate of drug-likeness (QED) is 0.690. The van der Waals surface area contributed by atoms with Gasteiger partial charge in [0.15, 0.2) is 0 Å². The third-order valence-electron chi connectivity index (χ3n) is 4.43. The van der Waals surface area contributed by atoms with Crippen molar-refractivity contribution in [1.82, 2.24) is 4.90 Å². The average Bonchev–Trinajstić information content (AvgIpc) is 2.38. The first-order valence-corrected chi connectivity index (χ1v) is 7.31. The maximum absolute atomic E-state index is 2.52. The van der Waals surface area contributed by atoms with E-state index in [-0.39, 0.29) is 0 Å². The van der Waals surface area contributed by atoms with Crippen molar-refractivity contribution in [1.29, 1.82) is 0 Å². The molecule has 2 fully saturated rings. The lowest BCUT2D eigenvalue weighted by molar-refractivity contribution is 0.289. The van der Waals surface area contributed by atoms with Crippen molar-refractivity contribution in [3.63, 3.8) is 0 Å². The minimum absolute atomic E-state index is 0.879. The Hall–Kier alpha value is -0.460. The van der Waals surface area contributed by atoms with Gasteiger partial charge in [-0.2, -0.15) is 0 Å². The zero-order valence-corrected chi connectivity index (χ0v) is 10.8. The van der Waals surface area contributed by atoms with Crippen molar-refractivity contribution in [3.05, 3.63) is 12.3 Å². The topological polar surface area (TPSA) is 3.24 Å². The second kappa shape index (κ2) is 6.32. The zero-order chi connectivity index (χ0) is 11.2. The fraction of sp³-hybridized carbons (Fsp3) is 0.867. The molecule has 0 aromatic carbocycles. The summed E-state index contributed by atoms with van der Waals surface area (Å²) >= 11 is 0. The number of rotatable bonds is 3. The predicted octanol–water partition coefficient (Wildman–Crippen LogP) is 4.20. The molecule has 1 heteroatoms. The van der Waals surface area contributed by atoms with Gasteiger partial charge in [0.25, 0.3) is 0 Å². The zero-order valence-electron chi connectivity index (χ0n) is 10.8. The smallest absolute Gasteiger partial charge is 0.0172 e. The van der Waals surface area contributed by atoms with Gasteiger partial charge in [0.1, 0.15) is 0 Å². The molecule has 0 N–H and O–H groups in total. The van der Waals surface area contributed by atoms with Crippen LogP contribution >= 0.6 is 0 Å². The summed E-state index contributed by atoms with van der Waals surface area (Å²) in [5, 5.41) is 0. The Bertz CT molecular complexity index is 207. The molecular weight excluding hydrogens is 194 g/mol. The molecule has 0 spiro atoms. The third kappa shape index (κ3) is 3.54. The molecule has 0 unspecified atom stereocenters. The molecule has 0 aromatic rings. The van der Waals surface area contributed by atoms with Crippen molar-refractivity contribution in [2.75, 3.05) is 13.1 Å². The molecule has 0 amide bonds. The fourth-order valence-electron chi connectivity index (χ4n) is 3.10. The van der Waals surface area contributed by atoms with Gasteiger partial charge in [-0.3, -0.25) is 0 Å². The SMILES string of the molecule is CCC1CCC(/C=C/N2CCCCC2)CC1. The van der Waals surface area contributed by atoms with E-state index in [4.69, 9.17) is 0 Å². The van der Waals surface area contributed by atoms with E-state index in [1.165, 1.54) is 64.5 Å². The summed E-state index contributed by atoms with van der Waals surface area (Å²) in [5.41, 5.74) is 0. The van der Waals surface area contributed by atoms with Crippen LogP contribution in [0, 0.1) is 11.8 Å². The highest BCUT2D eigenvalue weighted by Gasteiger charge is 2.18. The van der Waals surface area contributed by atoms with Crippen LogP contribution in [-0.4, -0.2) is 18.0 Å². The second-order valence-electron chi connectivity index (χ2n) is 5.63. The lowest BCUT2D eigenvalue weighted by Crippen LogP contribution is -2.24. The van der Waals surface area contributed by atoms with Gasteiger partial charge >= 0.3 is 0 Å². The van der Waals surface area contributed by atoms with Crippen LogP contribution in [0.25, 0.3) is 0 Å². The highest BCUT2D eigenvalue weighted by Crippen LogP contribution is 2.31. The largest absolute Gasteiger partial charge is 0.378 e. The van der Waals surface area contributed by atoms with E-state index in [0.717, 1.165) is 11.8 Å². The van der Waals surface area contributed by atoms with Crippen LogP contribution in [0.3, 0.4) is 0 Å². The fourth-order valence-corrected chi connectivity index (χ4v) is 3.10. The molecule has 0 radical (unpaired) electrons. The molecule has 0 atom stereocenters. The average molecular weight is 221 g/mol. The molecule has 2 aliphatic rings. The molecule has 0 bridgehead atoms. The van der Waals surface area contributed by atoms with Gasteiger partial charge in [-0.1, -0.05) is 19.4 Å². The highest BCUT2D eigenvalue weighted by molar-refractivity contribution is 4.91. The normalized spacial score (nSPS) is 32.2. The number of allylic oxidation sites excluding steroid dienone is 1. The van der Waals surface area contributed by atoms with Crippen molar-refractivity contribution in [2.45, 2.75) is 58.3 Å². The van der Waals surface area contributed by atoms with Crippen LogP contribution in [0.4, 0.5) is 0 Å². The number of hydrogen-bond acceptors (Lipinski definition) is 1. The molecule has 1 aliphatic carbocycles. The highest BCUT2D eigenvalue weighted by atomic mass is 15.1. The molecule has 2 rings (SSSR count). The lowest BCUT2D eigenvalue weighted by Gasteiger charge is -2.28. The Balaban J connectivity index is 1.71. The summed E-state index contributed by atoms with van der Waals surface area (Å²) in [5.74, 6) is 1.91. The van der Waals surface area contributed by atoms with E-state index in [2.05, 4.69) is 24.1 Å². The third-order valence-corrected chi connectivity index (χ3v) is 4.43. The van der Waals surface area contributed by atoms with Crippen molar-refractivity contribution in [3.8, 4) is 0 Å². The van der Waals surface area contributed by atoms with Gasteiger partial charge in [-0.05, 0) is 63.0 Å². The first kappa shape index (κ1) is 12.0. The van der Waals surface area contributed by atoms with Crippen molar-refractivity contribution >= 4 is 0 Å². The standard InChI is InChI=1S/C15H27N/c1-2-14-6-8-15(9-7-14)10-13-16-11-4-3-5-12-16/h10,13-15H,2-9,11-12H2,1H3/b13-10+. The Kier molecular flexibility index (Phi) is 4.74. The molecule has 1 aliphatic heterocycles. The first-order valence-electron chi connectivity index (χ1n) is 7.31. The van der Waals surface area contributed by atoms with E-state index in [1.54, 1.807) is 0 Å². The van der Waals surface area contributed by atoms with Crippen LogP contribution in [0.1, 0.15) is 58.3 Å². The van der Waals surface area contributed by atoms with Gasteiger partial charge < -0.3 is 4.90 Å². The minimum atomic E-state index is 0.879. The Morgan fingerprint density at radius 3 is 2.31 bits per heavy atom. The summed E-state index contributed by atoms with van der Waals surface area (Å²) in [7, 11) is 0. The Morgan fingerprint density at radius 1 is 1.00 bits per heavy atom. The maximum Gasteiger partial charge on any atom is 0.0172 e. The van der Waals surface area contributed by atoms with E-state index >= 15 is 0 Å². The van der Waals surface area contributed by atoms with Gasteiger partial charge in [0, 0.05) is 13.1 Å². The number of hydrogen-bond donors (Lipinski definition) is 0. The van der Waals surface area contributed by atoms with Gasteiger partial charge in [-0.15, -0.1) is 0 Å². The Labute approximate surface area is 101 Å². The molecule has 1 heterocycles. The minimum Gasteiger partial charge on any atom is -0.378 e. The number of likely N-dealkylation sites (tertiary alicyclic amines) is 1. The number of piperidine rings is 1. The molecule has 1 saturated carbocycles. The predicted molar refractivity (Wildman–Crippen MR) is 70.3 cm³/mol. The van der Waals surface area contributed by atoms with E-state index in [0.29, 0.717) is 0 Å². The summed E-state index contributed by atoms with van der Waals surface area (Å²) in [6.07, 6.45) is 16.3. The molecule has 92 valence electrons. The summed E-state index contributed by atoms with van der Waals surface area (Å²) in [6, 6.07) is 0. The summed E-state index contributed by atoms with van der Waals surface area (Å²) in [4.78, 5) is 2.52. The summed E-state index contributed by atoms with van der Waals surface area (Å²) < 4.78 is 0. The van der Waals surface area contributed by atoms with Gasteiger partial charge in [-0.25, -0.2) is 0 Å². The maximum atomic E-state index is 2.52. The van der Waals surface area contributed by atoms with E-state index < -0.39 is 0 Å². The van der Waals surface area contributed by atoms with Crippen LogP contribution in [0.5, 0.6) is 0 Å². The van der Waals surface area contributed by atoms with Crippen molar-refractivity contribution < 1.29 is 0 Å². The van der Waals surface area contributed by atoms with E-state index in [9.17, 15) is 0 Å². The summed E-state index contributed by atoms with van der Waals surface area (Å²) in [6.45, 7) is 4.93. The molecule has 0 aromatic heterocycles. The molecule has 1 nitrogen and oxygen atoms in total. The Morgan fingerprint density at radius 2 is 1.69 bits per heavy atom. The van der Waals surface area contributed by atoms with Crippen LogP contribution in [0.2, 0.25) is 0 Å². The monoisotopic (exact) mass is 221 g/mol. The van der Waals surface area contributed by atoms with E-state index in [1.807, 2.05) is 0 Å². The van der Waals surface area contributed by atoms with Crippen molar-refractivity contribution in [2.24, 2.45) is 11.8 Å².